The van der Waals surface area contributed by atoms with Gasteiger partial charge in [-0.05, 0) is 30.2 Å². The van der Waals surface area contributed by atoms with Gasteiger partial charge < -0.3 is 24.9 Å². The predicted molar refractivity (Wildman–Crippen MR) is 114 cm³/mol. The maximum atomic E-state index is 11.0. The van der Waals surface area contributed by atoms with Crippen LogP contribution in [0.25, 0.3) is 10.9 Å². The first-order valence-electron chi connectivity index (χ1n) is 9.34. The Labute approximate surface area is 169 Å². The average molecular weight is 395 g/mol. The number of methoxy groups -OCH3 is 2. The molecule has 152 valence electrons. The van der Waals surface area contributed by atoms with Crippen molar-refractivity contribution in [3.05, 3.63) is 47.5 Å². The average Bonchev–Trinajstić information content (AvgIpc) is 3.04. The molecule has 0 aliphatic carbocycles. The number of aliphatic imine (C=N–C) groups is 1. The number of hydrogen-bond donors (Lipinski definition) is 3. The number of nitrogens with zero attached hydrogens (tertiary/aromatic N) is 1. The molecule has 0 aliphatic rings. The van der Waals surface area contributed by atoms with E-state index in [1.807, 2.05) is 37.3 Å². The zero-order chi connectivity index (χ0) is 21.0. The summed E-state index contributed by atoms with van der Waals surface area (Å²) in [5, 5.41) is 14.1. The fraction of sp³-hybridized carbons (Fsp3) is 0.273. The third kappa shape index (κ3) is 4.34. The minimum absolute atomic E-state index is 0.0539. The number of amides is 1. The van der Waals surface area contributed by atoms with Gasteiger partial charge in [0.2, 0.25) is 5.91 Å². The summed E-state index contributed by atoms with van der Waals surface area (Å²) in [6.45, 7) is 3.96. The molecule has 0 unspecified atom stereocenters. The standard InChI is InChI=1S/C22H25N3O4/c1-5-17(24-15-8-6-14(7-9-15)12-23-13(2)26)21-16-10-19(28-3)20(29-4)11-18(16)25-22(21)27/h6-11,25,27H,5,12H2,1-4H3,(H,23,26). The summed E-state index contributed by atoms with van der Waals surface area (Å²) in [6.07, 6.45) is 0.627. The molecule has 1 amide bonds. The van der Waals surface area contributed by atoms with Crippen LogP contribution in [0.5, 0.6) is 17.4 Å². The lowest BCUT2D eigenvalue weighted by molar-refractivity contribution is -0.119. The molecule has 29 heavy (non-hydrogen) atoms. The smallest absolute Gasteiger partial charge is 0.217 e. The number of nitrogens with one attached hydrogen (secondary N) is 2. The number of hydrogen-bond acceptors (Lipinski definition) is 5. The van der Waals surface area contributed by atoms with E-state index in [-0.39, 0.29) is 11.8 Å². The van der Waals surface area contributed by atoms with Gasteiger partial charge in [0, 0.05) is 24.9 Å². The summed E-state index contributed by atoms with van der Waals surface area (Å²) < 4.78 is 10.7. The molecule has 7 heteroatoms. The van der Waals surface area contributed by atoms with Crippen molar-refractivity contribution in [3.63, 3.8) is 0 Å². The van der Waals surface area contributed by atoms with Gasteiger partial charge in [-0.3, -0.25) is 9.79 Å². The van der Waals surface area contributed by atoms with Gasteiger partial charge in [-0.15, -0.1) is 0 Å². The van der Waals surface area contributed by atoms with Crippen LogP contribution >= 0.6 is 0 Å². The Kier molecular flexibility index (Phi) is 6.07. The summed E-state index contributed by atoms with van der Waals surface area (Å²) in [7, 11) is 3.15. The van der Waals surface area contributed by atoms with Crippen molar-refractivity contribution in [1.82, 2.24) is 10.3 Å². The molecule has 0 aliphatic heterocycles. The van der Waals surface area contributed by atoms with E-state index < -0.39 is 0 Å². The first-order valence-corrected chi connectivity index (χ1v) is 9.34. The second-order valence-electron chi connectivity index (χ2n) is 6.59. The predicted octanol–water partition coefficient (Wildman–Crippen LogP) is 4.06. The van der Waals surface area contributed by atoms with Gasteiger partial charge in [-0.1, -0.05) is 19.1 Å². The summed E-state index contributed by atoms with van der Waals surface area (Å²) in [5.41, 5.74) is 3.88. The number of rotatable bonds is 7. The number of H-pyrrole nitrogens is 1. The molecule has 0 fully saturated rings. The molecule has 3 N–H and O–H groups in total. The van der Waals surface area contributed by atoms with Crippen molar-refractivity contribution in [2.24, 2.45) is 4.99 Å². The number of aromatic nitrogens is 1. The zero-order valence-electron chi connectivity index (χ0n) is 17.0. The van der Waals surface area contributed by atoms with Gasteiger partial charge in [-0.25, -0.2) is 0 Å². The lowest BCUT2D eigenvalue weighted by Gasteiger charge is -2.09. The highest BCUT2D eigenvalue weighted by molar-refractivity contribution is 6.14. The Bertz CT molecular complexity index is 1050. The molecule has 7 nitrogen and oxygen atoms in total. The molecule has 2 aromatic carbocycles. The number of fused-ring (bicyclic) bond motifs is 1. The van der Waals surface area contributed by atoms with E-state index in [0.29, 0.717) is 30.0 Å². The summed E-state index contributed by atoms with van der Waals surface area (Å²) in [6, 6.07) is 11.3. The quantitative estimate of drug-likeness (QED) is 0.526. The molecular formula is C22H25N3O4. The van der Waals surface area contributed by atoms with Crippen molar-refractivity contribution in [2.75, 3.05) is 14.2 Å². The second kappa shape index (κ2) is 8.68. The van der Waals surface area contributed by atoms with Crippen molar-refractivity contribution < 1.29 is 19.4 Å². The molecule has 0 bridgehead atoms. The SMILES string of the molecule is CCC(=Nc1ccc(CNC(C)=O)cc1)c1c(O)[nH]c2cc(OC)c(OC)cc12. The minimum Gasteiger partial charge on any atom is -0.494 e. The van der Waals surface area contributed by atoms with Crippen LogP contribution in [0.4, 0.5) is 5.69 Å². The summed E-state index contributed by atoms with van der Waals surface area (Å²) in [5.74, 6) is 1.15. The van der Waals surface area contributed by atoms with Gasteiger partial charge in [0.15, 0.2) is 17.4 Å². The van der Waals surface area contributed by atoms with Crippen LogP contribution in [0.2, 0.25) is 0 Å². The Morgan fingerprint density at radius 2 is 1.79 bits per heavy atom. The monoisotopic (exact) mass is 395 g/mol. The molecule has 0 atom stereocenters. The van der Waals surface area contributed by atoms with Gasteiger partial charge in [0.25, 0.3) is 0 Å². The van der Waals surface area contributed by atoms with Crippen LogP contribution < -0.4 is 14.8 Å². The highest BCUT2D eigenvalue weighted by Gasteiger charge is 2.18. The van der Waals surface area contributed by atoms with E-state index >= 15 is 0 Å². The second-order valence-corrected chi connectivity index (χ2v) is 6.59. The first-order chi connectivity index (χ1) is 14.0. The molecule has 0 radical (unpaired) electrons. The highest BCUT2D eigenvalue weighted by Crippen LogP contribution is 2.37. The lowest BCUT2D eigenvalue weighted by atomic mass is 10.1. The Balaban J connectivity index is 2.00. The molecular weight excluding hydrogens is 370 g/mol. The van der Waals surface area contributed by atoms with Crippen LogP contribution in [-0.2, 0) is 11.3 Å². The maximum Gasteiger partial charge on any atom is 0.217 e. The third-order valence-corrected chi connectivity index (χ3v) is 4.65. The Morgan fingerprint density at radius 1 is 1.14 bits per heavy atom. The number of aromatic hydroxyl groups is 1. The molecule has 0 spiro atoms. The summed E-state index contributed by atoms with van der Waals surface area (Å²) >= 11 is 0. The number of carbonyl (C=O) groups is 1. The topological polar surface area (TPSA) is 95.9 Å². The normalized spacial score (nSPS) is 11.5. The number of ether oxygens (including phenoxy) is 2. The van der Waals surface area contributed by atoms with E-state index in [1.165, 1.54) is 6.92 Å². The first kappa shape index (κ1) is 20.3. The highest BCUT2D eigenvalue weighted by atomic mass is 16.5. The van der Waals surface area contributed by atoms with Crippen LogP contribution in [0.15, 0.2) is 41.4 Å². The Morgan fingerprint density at radius 3 is 2.38 bits per heavy atom. The molecule has 0 saturated heterocycles. The maximum absolute atomic E-state index is 11.0. The van der Waals surface area contributed by atoms with Gasteiger partial charge in [-0.2, -0.15) is 0 Å². The Hall–Kier alpha value is -3.48. The van der Waals surface area contributed by atoms with E-state index in [1.54, 1.807) is 20.3 Å². The van der Waals surface area contributed by atoms with Crippen molar-refractivity contribution >= 4 is 28.2 Å². The molecule has 3 rings (SSSR count). The van der Waals surface area contributed by atoms with Crippen LogP contribution in [-0.4, -0.2) is 35.9 Å². The van der Waals surface area contributed by atoms with Crippen LogP contribution in [0, 0.1) is 0 Å². The lowest BCUT2D eigenvalue weighted by Crippen LogP contribution is -2.18. The van der Waals surface area contributed by atoms with Crippen molar-refractivity contribution in [2.45, 2.75) is 26.8 Å². The molecule has 1 heterocycles. The van der Waals surface area contributed by atoms with Gasteiger partial charge in [0.1, 0.15) is 0 Å². The summed E-state index contributed by atoms with van der Waals surface area (Å²) in [4.78, 5) is 18.8. The third-order valence-electron chi connectivity index (χ3n) is 4.65. The zero-order valence-corrected chi connectivity index (χ0v) is 17.0. The fourth-order valence-corrected chi connectivity index (χ4v) is 3.18. The van der Waals surface area contributed by atoms with E-state index in [2.05, 4.69) is 10.3 Å². The van der Waals surface area contributed by atoms with Gasteiger partial charge in [0.05, 0.1) is 36.7 Å². The van der Waals surface area contributed by atoms with Crippen LogP contribution in [0.3, 0.4) is 0 Å². The largest absolute Gasteiger partial charge is 0.494 e. The van der Waals surface area contributed by atoms with Crippen molar-refractivity contribution in [3.8, 4) is 17.4 Å². The van der Waals surface area contributed by atoms with E-state index in [9.17, 15) is 9.90 Å². The van der Waals surface area contributed by atoms with Gasteiger partial charge >= 0.3 is 0 Å². The van der Waals surface area contributed by atoms with Crippen LogP contribution in [0.1, 0.15) is 31.4 Å². The molecule has 1 aromatic heterocycles. The fourth-order valence-electron chi connectivity index (χ4n) is 3.18. The number of aromatic amines is 1. The number of benzene rings is 2. The molecule has 3 aromatic rings. The minimum atomic E-state index is -0.0674. The molecule has 0 saturated carbocycles. The van der Waals surface area contributed by atoms with E-state index in [4.69, 9.17) is 14.5 Å². The van der Waals surface area contributed by atoms with Crippen molar-refractivity contribution in [1.29, 1.82) is 0 Å². The number of carbonyl (C=O) groups excluding carboxylic acids is 1. The van der Waals surface area contributed by atoms with E-state index in [0.717, 1.165) is 27.9 Å².